The third-order valence-electron chi connectivity index (χ3n) is 2.94. The van der Waals surface area contributed by atoms with Gasteiger partial charge in [-0.1, -0.05) is 71.4 Å². The number of nitrogens with zero attached hydrogens (tertiary/aromatic N) is 2. The van der Waals surface area contributed by atoms with Gasteiger partial charge >= 0.3 is 0 Å². The summed E-state index contributed by atoms with van der Waals surface area (Å²) in [5, 5.41) is 11.7. The van der Waals surface area contributed by atoms with Gasteiger partial charge in [0.05, 0.1) is 16.0 Å². The molecule has 2 aromatic rings. The molecule has 1 N–H and O–H groups in total. The van der Waals surface area contributed by atoms with E-state index in [1.165, 1.54) is 23.1 Å². The quantitative estimate of drug-likeness (QED) is 0.427. The van der Waals surface area contributed by atoms with E-state index in [4.69, 9.17) is 23.2 Å². The molecular formula is C15H17Cl2N3OS3. The maximum atomic E-state index is 12.3. The van der Waals surface area contributed by atoms with Gasteiger partial charge in [0.15, 0.2) is 8.68 Å². The van der Waals surface area contributed by atoms with E-state index in [1.807, 2.05) is 6.92 Å². The number of hydrogen-bond donors (Lipinski definition) is 1. The van der Waals surface area contributed by atoms with Crippen molar-refractivity contribution in [3.8, 4) is 0 Å². The first kappa shape index (κ1) is 19.8. The summed E-state index contributed by atoms with van der Waals surface area (Å²) in [4.78, 5) is 12.3. The molecular weight excluding hydrogens is 405 g/mol. The van der Waals surface area contributed by atoms with E-state index in [9.17, 15) is 4.79 Å². The molecule has 0 aliphatic carbocycles. The van der Waals surface area contributed by atoms with Crippen LogP contribution >= 0.6 is 58.1 Å². The summed E-state index contributed by atoms with van der Waals surface area (Å²) < 4.78 is 1.73. The molecule has 1 unspecified atom stereocenters. The minimum Gasteiger partial charge on any atom is -0.324 e. The predicted molar refractivity (Wildman–Crippen MR) is 106 cm³/mol. The summed E-state index contributed by atoms with van der Waals surface area (Å²) in [6.45, 7) is 3.98. The summed E-state index contributed by atoms with van der Waals surface area (Å²) >= 11 is 16.6. The average Bonchev–Trinajstić information content (AvgIpc) is 2.98. The topological polar surface area (TPSA) is 54.9 Å². The van der Waals surface area contributed by atoms with E-state index in [0.29, 0.717) is 15.7 Å². The molecule has 0 spiro atoms. The van der Waals surface area contributed by atoms with Crippen molar-refractivity contribution < 1.29 is 4.79 Å². The highest BCUT2D eigenvalue weighted by molar-refractivity contribution is 8.03. The van der Waals surface area contributed by atoms with Crippen molar-refractivity contribution >= 4 is 69.7 Å². The van der Waals surface area contributed by atoms with Crippen molar-refractivity contribution in [3.63, 3.8) is 0 Å². The molecule has 0 fully saturated rings. The third-order valence-corrected chi connectivity index (χ3v) is 6.84. The summed E-state index contributed by atoms with van der Waals surface area (Å²) in [5.74, 6) is 0.888. The lowest BCUT2D eigenvalue weighted by Crippen LogP contribution is -2.22. The van der Waals surface area contributed by atoms with Gasteiger partial charge in [-0.25, -0.2) is 0 Å². The molecule has 1 aromatic carbocycles. The van der Waals surface area contributed by atoms with Crippen LogP contribution in [-0.2, 0) is 4.79 Å². The number of anilines is 1. The third kappa shape index (κ3) is 6.11. The molecule has 24 heavy (non-hydrogen) atoms. The molecule has 0 aliphatic heterocycles. The molecule has 0 saturated carbocycles. The lowest BCUT2D eigenvalue weighted by molar-refractivity contribution is -0.115. The number of nitrogens with one attached hydrogen (secondary N) is 1. The van der Waals surface area contributed by atoms with Crippen LogP contribution in [0.2, 0.25) is 10.0 Å². The van der Waals surface area contributed by atoms with E-state index in [2.05, 4.69) is 22.4 Å². The van der Waals surface area contributed by atoms with Crippen LogP contribution in [0, 0.1) is 0 Å². The number of halogens is 2. The normalized spacial score (nSPS) is 12.2. The number of amides is 1. The molecule has 130 valence electrons. The van der Waals surface area contributed by atoms with Crippen molar-refractivity contribution in [2.24, 2.45) is 0 Å². The molecule has 4 nitrogen and oxygen atoms in total. The highest BCUT2D eigenvalue weighted by atomic mass is 35.5. The number of carbonyl (C=O) groups is 1. The molecule has 2 rings (SSSR count). The maximum Gasteiger partial charge on any atom is 0.237 e. The Hall–Kier alpha value is -0.470. The first-order valence-electron chi connectivity index (χ1n) is 7.38. The molecule has 1 amide bonds. The van der Waals surface area contributed by atoms with Crippen LogP contribution in [0.3, 0.4) is 0 Å². The molecule has 0 radical (unpaired) electrons. The lowest BCUT2D eigenvalue weighted by atomic mass is 10.3. The van der Waals surface area contributed by atoms with Crippen LogP contribution < -0.4 is 5.32 Å². The molecule has 0 bridgehead atoms. The summed E-state index contributed by atoms with van der Waals surface area (Å²) in [6, 6.07) is 4.96. The smallest absolute Gasteiger partial charge is 0.237 e. The number of rotatable bonds is 8. The second kappa shape index (κ2) is 9.87. The van der Waals surface area contributed by atoms with E-state index in [1.54, 1.807) is 30.0 Å². The highest BCUT2D eigenvalue weighted by Crippen LogP contribution is 2.32. The highest BCUT2D eigenvalue weighted by Gasteiger charge is 2.18. The average molecular weight is 422 g/mol. The van der Waals surface area contributed by atoms with Crippen LogP contribution in [0.25, 0.3) is 0 Å². The second-order valence-corrected chi connectivity index (χ2v) is 9.66. The predicted octanol–water partition coefficient (Wildman–Crippen LogP) is 5.86. The summed E-state index contributed by atoms with van der Waals surface area (Å²) in [7, 11) is 0. The van der Waals surface area contributed by atoms with Crippen molar-refractivity contribution in [3.05, 3.63) is 28.2 Å². The first-order chi connectivity index (χ1) is 11.5. The number of benzene rings is 1. The monoisotopic (exact) mass is 421 g/mol. The fourth-order valence-corrected chi connectivity index (χ4v) is 5.29. The number of aromatic nitrogens is 2. The van der Waals surface area contributed by atoms with E-state index in [-0.39, 0.29) is 11.2 Å². The van der Waals surface area contributed by atoms with Gasteiger partial charge in [0, 0.05) is 10.8 Å². The van der Waals surface area contributed by atoms with Gasteiger partial charge < -0.3 is 5.32 Å². The molecule has 9 heteroatoms. The Morgan fingerprint density at radius 2 is 2.08 bits per heavy atom. The number of hydrogen-bond acceptors (Lipinski definition) is 6. The van der Waals surface area contributed by atoms with Crippen molar-refractivity contribution in [2.45, 2.75) is 40.6 Å². The van der Waals surface area contributed by atoms with Crippen LogP contribution in [-0.4, -0.2) is 27.1 Å². The Labute approximate surface area is 164 Å². The number of carbonyl (C=O) groups excluding carboxylic acids is 1. The Morgan fingerprint density at radius 1 is 1.33 bits per heavy atom. The fraction of sp³-hybridized carbons (Fsp3) is 0.400. The minimum absolute atomic E-state index is 0.153. The zero-order chi connectivity index (χ0) is 17.5. The number of thioether (sulfide) groups is 2. The van der Waals surface area contributed by atoms with Crippen LogP contribution in [0.15, 0.2) is 26.9 Å². The largest absolute Gasteiger partial charge is 0.324 e. The van der Waals surface area contributed by atoms with Gasteiger partial charge in [0.25, 0.3) is 0 Å². The van der Waals surface area contributed by atoms with Crippen LogP contribution in [0.5, 0.6) is 0 Å². The van der Waals surface area contributed by atoms with Crippen LogP contribution in [0.1, 0.15) is 26.7 Å². The summed E-state index contributed by atoms with van der Waals surface area (Å²) in [6.07, 6.45) is 2.32. The molecule has 1 heterocycles. The lowest BCUT2D eigenvalue weighted by Gasteiger charge is -2.11. The van der Waals surface area contributed by atoms with Crippen molar-refractivity contribution in [1.82, 2.24) is 10.2 Å². The Morgan fingerprint density at radius 3 is 2.83 bits per heavy atom. The van der Waals surface area contributed by atoms with E-state index in [0.717, 1.165) is 27.3 Å². The molecule has 1 atom stereocenters. The number of unbranched alkanes of at least 4 members (excludes halogenated alkanes) is 1. The SMILES string of the molecule is CCCCSc1nnc(SC(C)C(=O)Nc2cc(Cl)ccc2Cl)s1. The first-order valence-corrected chi connectivity index (χ1v) is 10.8. The molecule has 1 aromatic heterocycles. The van der Waals surface area contributed by atoms with Gasteiger partial charge in [-0.05, 0) is 31.5 Å². The van der Waals surface area contributed by atoms with Crippen molar-refractivity contribution in [1.29, 1.82) is 0 Å². The molecule has 0 saturated heterocycles. The van der Waals surface area contributed by atoms with E-state index < -0.39 is 0 Å². The van der Waals surface area contributed by atoms with Gasteiger partial charge in [-0.15, -0.1) is 10.2 Å². The Balaban J connectivity index is 1.90. The van der Waals surface area contributed by atoms with Gasteiger partial charge in [-0.3, -0.25) is 4.79 Å². The Bertz CT molecular complexity index is 696. The van der Waals surface area contributed by atoms with Gasteiger partial charge in [0.1, 0.15) is 0 Å². The standard InChI is InChI=1S/C15H17Cl2N3OS3/c1-3-4-7-22-14-19-20-15(24-14)23-9(2)13(21)18-12-8-10(16)5-6-11(12)17/h5-6,8-9H,3-4,7H2,1-2H3,(H,18,21). The zero-order valence-electron chi connectivity index (χ0n) is 13.2. The molecule has 0 aliphatic rings. The van der Waals surface area contributed by atoms with Crippen molar-refractivity contribution in [2.75, 3.05) is 11.1 Å². The summed E-state index contributed by atoms with van der Waals surface area (Å²) in [5.41, 5.74) is 0.509. The van der Waals surface area contributed by atoms with Crippen LogP contribution in [0.4, 0.5) is 5.69 Å². The maximum absolute atomic E-state index is 12.3. The fourth-order valence-electron chi connectivity index (χ4n) is 1.64. The Kier molecular flexibility index (Phi) is 8.16. The van der Waals surface area contributed by atoms with E-state index >= 15 is 0 Å². The van der Waals surface area contributed by atoms with Gasteiger partial charge in [-0.2, -0.15) is 0 Å². The minimum atomic E-state index is -0.318. The zero-order valence-corrected chi connectivity index (χ0v) is 17.2. The second-order valence-electron chi connectivity index (χ2n) is 4.91. The van der Waals surface area contributed by atoms with Gasteiger partial charge in [0.2, 0.25) is 5.91 Å².